The van der Waals surface area contributed by atoms with Crippen LogP contribution in [0.15, 0.2) is 47.2 Å². The van der Waals surface area contributed by atoms with E-state index in [9.17, 15) is 4.79 Å². The quantitative estimate of drug-likeness (QED) is 0.825. The molecule has 4 nitrogen and oxygen atoms in total. The summed E-state index contributed by atoms with van der Waals surface area (Å²) >= 11 is 3.33. The molecule has 1 aliphatic heterocycles. The number of carbonyl (C=O) groups is 1. The molecule has 126 valence electrons. The van der Waals surface area contributed by atoms with Crippen molar-refractivity contribution in [3.63, 3.8) is 0 Å². The monoisotopic (exact) mass is 388 g/mol. The van der Waals surface area contributed by atoms with Gasteiger partial charge in [0.25, 0.3) is 5.91 Å². The van der Waals surface area contributed by atoms with Gasteiger partial charge in [-0.15, -0.1) is 0 Å². The van der Waals surface area contributed by atoms with Gasteiger partial charge in [-0.1, -0.05) is 24.3 Å². The SMILES string of the molecule is O=C(NCc1ccc(C[NH+]2CCCCC2)cc1)c1cncc(Br)c1. The minimum absolute atomic E-state index is 0.106. The summed E-state index contributed by atoms with van der Waals surface area (Å²) in [6.07, 6.45) is 7.33. The molecule has 0 radical (unpaired) electrons. The van der Waals surface area contributed by atoms with E-state index in [4.69, 9.17) is 0 Å². The lowest BCUT2D eigenvalue weighted by Gasteiger charge is -2.23. The van der Waals surface area contributed by atoms with E-state index in [0.29, 0.717) is 12.1 Å². The van der Waals surface area contributed by atoms with Gasteiger partial charge in [0.1, 0.15) is 6.54 Å². The second kappa shape index (κ2) is 8.40. The van der Waals surface area contributed by atoms with Crippen LogP contribution in [0.4, 0.5) is 0 Å². The van der Waals surface area contributed by atoms with Crippen molar-refractivity contribution in [2.75, 3.05) is 13.1 Å². The fourth-order valence-electron chi connectivity index (χ4n) is 3.11. The molecule has 1 amide bonds. The Hall–Kier alpha value is -1.72. The van der Waals surface area contributed by atoms with Gasteiger partial charge < -0.3 is 10.2 Å². The van der Waals surface area contributed by atoms with Crippen LogP contribution in [0.1, 0.15) is 40.7 Å². The van der Waals surface area contributed by atoms with Gasteiger partial charge in [-0.05, 0) is 46.8 Å². The maximum atomic E-state index is 12.1. The molecule has 2 aromatic rings. The number of rotatable bonds is 5. The molecule has 24 heavy (non-hydrogen) atoms. The molecule has 2 heterocycles. The zero-order chi connectivity index (χ0) is 16.8. The highest BCUT2D eigenvalue weighted by molar-refractivity contribution is 9.10. The summed E-state index contributed by atoms with van der Waals surface area (Å²) in [6, 6.07) is 10.4. The number of quaternary nitrogens is 1. The summed E-state index contributed by atoms with van der Waals surface area (Å²) in [5.41, 5.74) is 3.05. The Morgan fingerprint density at radius 1 is 1.08 bits per heavy atom. The first-order valence-corrected chi connectivity index (χ1v) is 9.30. The number of nitrogens with one attached hydrogen (secondary N) is 2. The smallest absolute Gasteiger partial charge is 0.253 e. The van der Waals surface area contributed by atoms with Crippen LogP contribution in [0.3, 0.4) is 0 Å². The third-order valence-corrected chi connectivity index (χ3v) is 4.89. The zero-order valence-electron chi connectivity index (χ0n) is 13.7. The Kier molecular flexibility index (Phi) is 5.99. The molecule has 0 aliphatic carbocycles. The van der Waals surface area contributed by atoms with Gasteiger partial charge in [0, 0.05) is 29.0 Å². The number of pyridine rings is 1. The molecule has 1 aromatic heterocycles. The number of carbonyl (C=O) groups excluding carboxylic acids is 1. The largest absolute Gasteiger partial charge is 0.348 e. The number of piperidine rings is 1. The van der Waals surface area contributed by atoms with E-state index in [1.165, 1.54) is 37.9 Å². The molecule has 1 aromatic carbocycles. The number of likely N-dealkylation sites (tertiary alicyclic amines) is 1. The van der Waals surface area contributed by atoms with Gasteiger partial charge in [-0.2, -0.15) is 0 Å². The van der Waals surface area contributed by atoms with Gasteiger partial charge in [0.05, 0.1) is 18.7 Å². The van der Waals surface area contributed by atoms with Gasteiger partial charge in [-0.3, -0.25) is 9.78 Å². The number of hydrogen-bond donors (Lipinski definition) is 2. The van der Waals surface area contributed by atoms with Crippen molar-refractivity contribution in [3.8, 4) is 0 Å². The number of hydrogen-bond acceptors (Lipinski definition) is 2. The molecule has 2 N–H and O–H groups in total. The number of nitrogens with zero attached hydrogens (tertiary/aromatic N) is 1. The Morgan fingerprint density at radius 2 is 1.79 bits per heavy atom. The van der Waals surface area contributed by atoms with E-state index in [1.54, 1.807) is 23.4 Å². The fraction of sp³-hybridized carbons (Fsp3) is 0.368. The lowest BCUT2D eigenvalue weighted by molar-refractivity contribution is -0.918. The van der Waals surface area contributed by atoms with Crippen LogP contribution in [0.25, 0.3) is 0 Å². The predicted octanol–water partition coefficient (Wildman–Crippen LogP) is 2.34. The first-order valence-electron chi connectivity index (χ1n) is 8.51. The highest BCUT2D eigenvalue weighted by Crippen LogP contribution is 2.10. The molecular formula is C19H23BrN3O+. The lowest BCUT2D eigenvalue weighted by Crippen LogP contribution is -3.11. The molecule has 0 atom stereocenters. The van der Waals surface area contributed by atoms with Crippen molar-refractivity contribution in [2.24, 2.45) is 0 Å². The summed E-state index contributed by atoms with van der Waals surface area (Å²) in [5.74, 6) is -0.106. The summed E-state index contributed by atoms with van der Waals surface area (Å²) in [4.78, 5) is 17.8. The molecule has 0 spiro atoms. The van der Waals surface area contributed by atoms with E-state index in [1.807, 2.05) is 0 Å². The molecule has 0 bridgehead atoms. The molecule has 1 fully saturated rings. The van der Waals surface area contributed by atoms with Crippen molar-refractivity contribution in [2.45, 2.75) is 32.4 Å². The number of aromatic nitrogens is 1. The maximum Gasteiger partial charge on any atom is 0.253 e. The normalized spacial score (nSPS) is 15.2. The Bertz CT molecular complexity index is 681. The number of benzene rings is 1. The molecule has 0 unspecified atom stereocenters. The van der Waals surface area contributed by atoms with Gasteiger partial charge in [-0.25, -0.2) is 0 Å². The van der Waals surface area contributed by atoms with Crippen molar-refractivity contribution in [1.29, 1.82) is 0 Å². The average Bonchev–Trinajstić information content (AvgIpc) is 2.62. The van der Waals surface area contributed by atoms with Crippen molar-refractivity contribution in [1.82, 2.24) is 10.3 Å². The summed E-state index contributed by atoms with van der Waals surface area (Å²) in [5, 5.41) is 2.94. The fourth-order valence-corrected chi connectivity index (χ4v) is 3.48. The van der Waals surface area contributed by atoms with Crippen LogP contribution in [0.2, 0.25) is 0 Å². The Balaban J connectivity index is 1.51. The maximum absolute atomic E-state index is 12.1. The summed E-state index contributed by atoms with van der Waals surface area (Å²) < 4.78 is 0.805. The lowest BCUT2D eigenvalue weighted by atomic mass is 10.1. The molecular weight excluding hydrogens is 366 g/mol. The van der Waals surface area contributed by atoms with Gasteiger partial charge in [0.2, 0.25) is 0 Å². The minimum atomic E-state index is -0.106. The standard InChI is InChI=1S/C19H22BrN3O/c20-18-10-17(12-21-13-18)19(24)22-11-15-4-6-16(7-5-15)14-23-8-2-1-3-9-23/h4-7,10,12-13H,1-3,8-9,11,14H2,(H,22,24)/p+1. The van der Waals surface area contributed by atoms with E-state index < -0.39 is 0 Å². The van der Waals surface area contributed by atoms with Crippen molar-refractivity contribution >= 4 is 21.8 Å². The number of halogens is 1. The third kappa shape index (κ3) is 4.89. The average molecular weight is 389 g/mol. The minimum Gasteiger partial charge on any atom is -0.348 e. The second-order valence-corrected chi connectivity index (χ2v) is 7.29. The summed E-state index contributed by atoms with van der Waals surface area (Å²) in [6.45, 7) is 4.22. The highest BCUT2D eigenvalue weighted by Gasteiger charge is 2.13. The van der Waals surface area contributed by atoms with Crippen molar-refractivity contribution < 1.29 is 9.69 Å². The molecule has 5 heteroatoms. The second-order valence-electron chi connectivity index (χ2n) is 6.38. The van der Waals surface area contributed by atoms with Crippen LogP contribution >= 0.6 is 15.9 Å². The predicted molar refractivity (Wildman–Crippen MR) is 97.8 cm³/mol. The first-order chi connectivity index (χ1) is 11.7. The van der Waals surface area contributed by atoms with Crippen LogP contribution in [-0.2, 0) is 13.1 Å². The zero-order valence-corrected chi connectivity index (χ0v) is 15.3. The van der Waals surface area contributed by atoms with Crippen LogP contribution < -0.4 is 10.2 Å². The van der Waals surface area contributed by atoms with Crippen molar-refractivity contribution in [3.05, 3.63) is 63.9 Å². The topological polar surface area (TPSA) is 46.4 Å². The van der Waals surface area contributed by atoms with E-state index in [2.05, 4.69) is 50.5 Å². The Labute approximate surface area is 151 Å². The third-order valence-electron chi connectivity index (χ3n) is 4.46. The Morgan fingerprint density at radius 3 is 2.50 bits per heavy atom. The van der Waals surface area contributed by atoms with Gasteiger partial charge >= 0.3 is 0 Å². The van der Waals surface area contributed by atoms with E-state index in [-0.39, 0.29) is 5.91 Å². The molecule has 1 saturated heterocycles. The summed E-state index contributed by atoms with van der Waals surface area (Å²) in [7, 11) is 0. The number of amides is 1. The van der Waals surface area contributed by atoms with E-state index >= 15 is 0 Å². The van der Waals surface area contributed by atoms with Crippen LogP contribution in [-0.4, -0.2) is 24.0 Å². The first kappa shape index (κ1) is 17.1. The molecule has 0 saturated carbocycles. The van der Waals surface area contributed by atoms with Crippen LogP contribution in [0, 0.1) is 0 Å². The van der Waals surface area contributed by atoms with E-state index in [0.717, 1.165) is 16.6 Å². The van der Waals surface area contributed by atoms with Gasteiger partial charge in [0.15, 0.2) is 0 Å². The molecule has 1 aliphatic rings. The molecule has 3 rings (SSSR count). The highest BCUT2D eigenvalue weighted by atomic mass is 79.9. The van der Waals surface area contributed by atoms with Crippen LogP contribution in [0.5, 0.6) is 0 Å².